The van der Waals surface area contributed by atoms with Gasteiger partial charge in [-0.05, 0) is 24.3 Å². The Morgan fingerprint density at radius 3 is 2.68 bits per heavy atom. The number of carboxylic acid groups (broad SMARTS) is 1. The van der Waals surface area contributed by atoms with Crippen LogP contribution in [0.5, 0.6) is 0 Å². The normalized spacial score (nSPS) is 9.95. The highest BCUT2D eigenvalue weighted by Gasteiger charge is 2.17. The molecular weight excluding hydrogens is 270 g/mol. The molecule has 0 radical (unpaired) electrons. The molecule has 1 amide bonds. The predicted molar refractivity (Wildman–Crippen MR) is 68.4 cm³/mol. The van der Waals surface area contributed by atoms with E-state index in [0.29, 0.717) is 0 Å². The number of halogens is 1. The van der Waals surface area contributed by atoms with Crippen molar-refractivity contribution in [2.45, 2.75) is 0 Å². The molecule has 0 spiro atoms. The van der Waals surface area contributed by atoms with Crippen molar-refractivity contribution < 1.29 is 14.7 Å². The molecule has 0 aromatic carbocycles. The van der Waals surface area contributed by atoms with Crippen LogP contribution in [0.1, 0.15) is 20.8 Å². The minimum absolute atomic E-state index is 0.179. The van der Waals surface area contributed by atoms with Gasteiger partial charge in [0.15, 0.2) is 0 Å². The van der Waals surface area contributed by atoms with E-state index >= 15 is 0 Å². The van der Waals surface area contributed by atoms with Crippen molar-refractivity contribution in [2.24, 2.45) is 0 Å². The van der Waals surface area contributed by atoms with Crippen LogP contribution in [0.3, 0.4) is 0 Å². The Morgan fingerprint density at radius 2 is 2.00 bits per heavy atom. The standard InChI is InChI=1S/C12H8ClN3O3/c13-8-4-1-5-9(15-8)16-11(17)10-7(12(18)19)3-2-6-14-10/h1-6H,(H,18,19)(H,15,16,17). The van der Waals surface area contributed by atoms with E-state index in [0.717, 1.165) is 0 Å². The Bertz CT molecular complexity index is 646. The molecule has 0 saturated carbocycles. The van der Waals surface area contributed by atoms with Crippen LogP contribution >= 0.6 is 11.6 Å². The number of aromatic nitrogens is 2. The van der Waals surface area contributed by atoms with E-state index in [9.17, 15) is 9.59 Å². The Kier molecular flexibility index (Phi) is 3.72. The number of nitrogens with one attached hydrogen (secondary N) is 1. The number of amides is 1. The fourth-order valence-electron chi connectivity index (χ4n) is 1.41. The molecule has 0 fully saturated rings. The van der Waals surface area contributed by atoms with E-state index in [1.165, 1.54) is 24.4 Å². The van der Waals surface area contributed by atoms with Gasteiger partial charge in [-0.25, -0.2) is 9.78 Å². The van der Waals surface area contributed by atoms with Gasteiger partial charge in [0.25, 0.3) is 5.91 Å². The third kappa shape index (κ3) is 3.05. The predicted octanol–water partition coefficient (Wildman–Crippen LogP) is 2.08. The molecule has 2 N–H and O–H groups in total. The third-order valence-electron chi connectivity index (χ3n) is 2.21. The summed E-state index contributed by atoms with van der Waals surface area (Å²) in [5.41, 5.74) is -0.362. The first-order valence-electron chi connectivity index (χ1n) is 5.20. The summed E-state index contributed by atoms with van der Waals surface area (Å²) in [5.74, 6) is -1.66. The summed E-state index contributed by atoms with van der Waals surface area (Å²) in [4.78, 5) is 30.5. The van der Waals surface area contributed by atoms with E-state index in [1.54, 1.807) is 12.1 Å². The largest absolute Gasteiger partial charge is 0.478 e. The molecule has 2 aromatic rings. The van der Waals surface area contributed by atoms with Gasteiger partial charge >= 0.3 is 5.97 Å². The molecule has 0 aliphatic heterocycles. The van der Waals surface area contributed by atoms with Crippen molar-refractivity contribution in [3.8, 4) is 0 Å². The average Bonchev–Trinajstić information content (AvgIpc) is 2.38. The first-order chi connectivity index (χ1) is 9.08. The van der Waals surface area contributed by atoms with Gasteiger partial charge in [-0.2, -0.15) is 0 Å². The number of carboxylic acids is 1. The summed E-state index contributed by atoms with van der Waals surface area (Å²) in [7, 11) is 0. The molecule has 6 nitrogen and oxygen atoms in total. The number of carbonyl (C=O) groups is 2. The molecule has 0 aliphatic carbocycles. The Labute approximate surface area is 113 Å². The molecule has 2 heterocycles. The van der Waals surface area contributed by atoms with E-state index in [2.05, 4.69) is 15.3 Å². The minimum atomic E-state index is -1.22. The lowest BCUT2D eigenvalue weighted by Gasteiger charge is -2.06. The first-order valence-corrected chi connectivity index (χ1v) is 5.58. The SMILES string of the molecule is O=C(O)c1cccnc1C(=O)Nc1cccc(Cl)n1. The number of aromatic carboxylic acids is 1. The fraction of sp³-hybridized carbons (Fsp3) is 0. The molecule has 19 heavy (non-hydrogen) atoms. The van der Waals surface area contributed by atoms with Crippen molar-refractivity contribution in [3.05, 3.63) is 52.9 Å². The molecule has 0 bridgehead atoms. The number of nitrogens with zero attached hydrogens (tertiary/aromatic N) is 2. The van der Waals surface area contributed by atoms with Gasteiger partial charge < -0.3 is 10.4 Å². The molecule has 2 rings (SSSR count). The van der Waals surface area contributed by atoms with Gasteiger partial charge in [0, 0.05) is 6.20 Å². The lowest BCUT2D eigenvalue weighted by Crippen LogP contribution is -2.18. The topological polar surface area (TPSA) is 92.2 Å². The zero-order chi connectivity index (χ0) is 13.8. The van der Waals surface area contributed by atoms with Crippen molar-refractivity contribution in [1.29, 1.82) is 0 Å². The third-order valence-corrected chi connectivity index (χ3v) is 2.42. The molecule has 0 atom stereocenters. The summed E-state index contributed by atoms with van der Waals surface area (Å²) < 4.78 is 0. The second-order valence-electron chi connectivity index (χ2n) is 3.50. The van der Waals surface area contributed by atoms with Crippen LogP contribution in [-0.2, 0) is 0 Å². The lowest BCUT2D eigenvalue weighted by atomic mass is 10.2. The molecule has 2 aromatic heterocycles. The zero-order valence-corrected chi connectivity index (χ0v) is 10.3. The van der Waals surface area contributed by atoms with Gasteiger partial charge in [0.05, 0.1) is 5.56 Å². The Morgan fingerprint density at radius 1 is 1.21 bits per heavy atom. The van der Waals surface area contributed by atoms with Gasteiger partial charge in [0.2, 0.25) is 0 Å². The number of carbonyl (C=O) groups excluding carboxylic acids is 1. The average molecular weight is 278 g/mol. The van der Waals surface area contributed by atoms with Crippen LogP contribution in [0.2, 0.25) is 5.15 Å². The number of rotatable bonds is 3. The van der Waals surface area contributed by atoms with Crippen molar-refractivity contribution in [3.63, 3.8) is 0 Å². The smallest absolute Gasteiger partial charge is 0.338 e. The lowest BCUT2D eigenvalue weighted by molar-refractivity contribution is 0.0691. The molecule has 7 heteroatoms. The van der Waals surface area contributed by atoms with Crippen molar-refractivity contribution >= 4 is 29.3 Å². The summed E-state index contributed by atoms with van der Waals surface area (Å²) in [6, 6.07) is 7.45. The minimum Gasteiger partial charge on any atom is -0.478 e. The molecule has 0 unspecified atom stereocenters. The Balaban J connectivity index is 2.28. The van der Waals surface area contributed by atoms with Crippen LogP contribution in [-0.4, -0.2) is 27.0 Å². The summed E-state index contributed by atoms with van der Waals surface area (Å²) in [5, 5.41) is 11.6. The second kappa shape index (κ2) is 5.45. The van der Waals surface area contributed by atoms with Gasteiger partial charge in [-0.3, -0.25) is 9.78 Å². The summed E-state index contributed by atoms with van der Waals surface area (Å²) in [6.45, 7) is 0. The van der Waals surface area contributed by atoms with E-state index in [1.807, 2.05) is 0 Å². The highest BCUT2D eigenvalue weighted by atomic mass is 35.5. The summed E-state index contributed by atoms with van der Waals surface area (Å²) >= 11 is 5.68. The maximum Gasteiger partial charge on any atom is 0.338 e. The zero-order valence-electron chi connectivity index (χ0n) is 9.50. The Hall–Kier alpha value is -2.47. The maximum absolute atomic E-state index is 11.9. The van der Waals surface area contributed by atoms with Crippen LogP contribution in [0.15, 0.2) is 36.5 Å². The van der Waals surface area contributed by atoms with E-state index < -0.39 is 11.9 Å². The van der Waals surface area contributed by atoms with Crippen LogP contribution in [0, 0.1) is 0 Å². The van der Waals surface area contributed by atoms with Crippen LogP contribution in [0.4, 0.5) is 5.82 Å². The second-order valence-corrected chi connectivity index (χ2v) is 3.89. The van der Waals surface area contributed by atoms with Crippen molar-refractivity contribution in [2.75, 3.05) is 5.32 Å². The quantitative estimate of drug-likeness (QED) is 0.838. The van der Waals surface area contributed by atoms with Gasteiger partial charge in [-0.15, -0.1) is 0 Å². The number of anilines is 1. The monoisotopic (exact) mass is 277 g/mol. The highest BCUT2D eigenvalue weighted by Crippen LogP contribution is 2.12. The van der Waals surface area contributed by atoms with Crippen LogP contribution < -0.4 is 5.32 Å². The van der Waals surface area contributed by atoms with E-state index in [-0.39, 0.29) is 22.2 Å². The maximum atomic E-state index is 11.9. The molecular formula is C12H8ClN3O3. The number of hydrogen-bond acceptors (Lipinski definition) is 4. The molecule has 0 saturated heterocycles. The fourth-order valence-corrected chi connectivity index (χ4v) is 1.58. The summed E-state index contributed by atoms with van der Waals surface area (Å²) in [6.07, 6.45) is 1.34. The van der Waals surface area contributed by atoms with Crippen LogP contribution in [0.25, 0.3) is 0 Å². The van der Waals surface area contributed by atoms with Crippen molar-refractivity contribution in [1.82, 2.24) is 9.97 Å². The van der Waals surface area contributed by atoms with Gasteiger partial charge in [0.1, 0.15) is 16.7 Å². The van der Waals surface area contributed by atoms with Gasteiger partial charge in [-0.1, -0.05) is 17.7 Å². The first kappa shape index (κ1) is 13.0. The molecule has 0 aliphatic rings. The number of hydrogen-bond donors (Lipinski definition) is 2. The number of pyridine rings is 2. The van der Waals surface area contributed by atoms with E-state index in [4.69, 9.17) is 16.7 Å². The highest BCUT2D eigenvalue weighted by molar-refractivity contribution is 6.29. The molecule has 96 valence electrons.